The Morgan fingerprint density at radius 1 is 0.912 bits per heavy atom. The fraction of sp³-hybridized carbons (Fsp3) is 0.130. The first-order chi connectivity index (χ1) is 16.0. The molecule has 3 aromatic rings. The standard InChI is InChI=1S/C23H20F3N3O4S/c1-15(30)28-18-8-4-6-16(12-18)14-27-22(31)20-10-2-3-11-21(20)29-34(32,33)19-9-5-7-17(13-19)23(24,25)26/h2-13,29H,14H2,1H3,(H,27,31)(H,28,30). The van der Waals surface area contributed by atoms with Crippen LogP contribution in [0.25, 0.3) is 0 Å². The Bertz CT molecular complexity index is 1320. The SMILES string of the molecule is CC(=O)Nc1cccc(CNC(=O)c2ccccc2NS(=O)(=O)c2cccc(C(F)(F)F)c2)c1. The van der Waals surface area contributed by atoms with E-state index >= 15 is 0 Å². The average molecular weight is 491 g/mol. The number of carbonyl (C=O) groups excluding carboxylic acids is 2. The molecule has 3 N–H and O–H groups in total. The van der Waals surface area contributed by atoms with Gasteiger partial charge < -0.3 is 10.6 Å². The molecule has 3 aromatic carbocycles. The molecule has 0 aliphatic carbocycles. The number of hydrogen-bond acceptors (Lipinski definition) is 4. The number of halogens is 3. The fourth-order valence-electron chi connectivity index (χ4n) is 3.05. The van der Waals surface area contributed by atoms with Crippen molar-refractivity contribution in [3.63, 3.8) is 0 Å². The third kappa shape index (κ3) is 6.35. The van der Waals surface area contributed by atoms with Gasteiger partial charge >= 0.3 is 6.18 Å². The molecule has 0 saturated carbocycles. The maximum absolute atomic E-state index is 13.0. The molecule has 0 aliphatic heterocycles. The number of rotatable bonds is 7. The Kier molecular flexibility index (Phi) is 7.26. The first kappa shape index (κ1) is 24.8. The summed E-state index contributed by atoms with van der Waals surface area (Å²) in [5, 5.41) is 5.28. The zero-order valence-electron chi connectivity index (χ0n) is 17.8. The van der Waals surface area contributed by atoms with Crippen LogP contribution in [-0.4, -0.2) is 20.2 Å². The largest absolute Gasteiger partial charge is 0.416 e. The monoisotopic (exact) mass is 491 g/mol. The second-order valence-corrected chi connectivity index (χ2v) is 8.92. The van der Waals surface area contributed by atoms with E-state index in [9.17, 15) is 31.2 Å². The summed E-state index contributed by atoms with van der Waals surface area (Å²) in [4.78, 5) is 23.4. The van der Waals surface area contributed by atoms with E-state index in [4.69, 9.17) is 0 Å². The number of benzene rings is 3. The van der Waals surface area contributed by atoms with Crippen molar-refractivity contribution in [2.45, 2.75) is 24.5 Å². The number of carbonyl (C=O) groups is 2. The van der Waals surface area contributed by atoms with Gasteiger partial charge in [-0.25, -0.2) is 8.42 Å². The number of amides is 2. The summed E-state index contributed by atoms with van der Waals surface area (Å²) in [6, 6.07) is 15.8. The van der Waals surface area contributed by atoms with E-state index in [0.717, 1.165) is 18.2 Å². The van der Waals surface area contributed by atoms with E-state index in [1.54, 1.807) is 24.3 Å². The Balaban J connectivity index is 1.78. The molecular weight excluding hydrogens is 471 g/mol. The lowest BCUT2D eigenvalue weighted by atomic mass is 10.1. The van der Waals surface area contributed by atoms with Crippen molar-refractivity contribution < 1.29 is 31.2 Å². The quantitative estimate of drug-likeness (QED) is 0.456. The van der Waals surface area contributed by atoms with Gasteiger partial charge in [-0.15, -0.1) is 0 Å². The van der Waals surface area contributed by atoms with Crippen molar-refractivity contribution in [1.29, 1.82) is 0 Å². The van der Waals surface area contributed by atoms with Crippen LogP contribution in [0.15, 0.2) is 77.7 Å². The maximum Gasteiger partial charge on any atom is 0.416 e. The van der Waals surface area contributed by atoms with Gasteiger partial charge in [0.15, 0.2) is 0 Å². The minimum atomic E-state index is -4.71. The van der Waals surface area contributed by atoms with E-state index in [-0.39, 0.29) is 23.7 Å². The summed E-state index contributed by atoms with van der Waals surface area (Å²) < 4.78 is 66.5. The van der Waals surface area contributed by atoms with Gasteiger partial charge in [-0.1, -0.05) is 30.3 Å². The first-order valence-electron chi connectivity index (χ1n) is 9.89. The molecule has 0 radical (unpaired) electrons. The highest BCUT2D eigenvalue weighted by Gasteiger charge is 2.31. The molecule has 0 unspecified atom stereocenters. The molecular formula is C23H20F3N3O4S. The van der Waals surface area contributed by atoms with E-state index in [2.05, 4.69) is 15.4 Å². The van der Waals surface area contributed by atoms with Gasteiger partial charge in [-0.3, -0.25) is 14.3 Å². The van der Waals surface area contributed by atoms with Gasteiger partial charge in [0.05, 0.1) is 21.7 Å². The van der Waals surface area contributed by atoms with Gasteiger partial charge in [-0.2, -0.15) is 13.2 Å². The highest BCUT2D eigenvalue weighted by molar-refractivity contribution is 7.92. The summed E-state index contributed by atoms with van der Waals surface area (Å²) >= 11 is 0. The summed E-state index contributed by atoms with van der Waals surface area (Å²) in [5.74, 6) is -0.851. The topological polar surface area (TPSA) is 104 Å². The zero-order chi connectivity index (χ0) is 24.9. The van der Waals surface area contributed by atoms with Crippen molar-refractivity contribution in [1.82, 2.24) is 5.32 Å². The molecule has 0 heterocycles. The molecule has 3 rings (SSSR count). The van der Waals surface area contributed by atoms with Gasteiger partial charge in [0, 0.05) is 19.2 Å². The number of anilines is 2. The Morgan fingerprint density at radius 2 is 1.62 bits per heavy atom. The van der Waals surface area contributed by atoms with Gasteiger partial charge in [0.1, 0.15) is 0 Å². The highest BCUT2D eigenvalue weighted by Crippen LogP contribution is 2.31. The van der Waals surface area contributed by atoms with Crippen LogP contribution in [0, 0.1) is 0 Å². The van der Waals surface area contributed by atoms with Crippen molar-refractivity contribution >= 4 is 33.2 Å². The Hall–Kier alpha value is -3.86. The number of para-hydroxylation sites is 1. The summed E-state index contributed by atoms with van der Waals surface area (Å²) in [6.07, 6.45) is -4.71. The van der Waals surface area contributed by atoms with Crippen LogP contribution in [0.4, 0.5) is 24.5 Å². The molecule has 0 spiro atoms. The number of sulfonamides is 1. The van der Waals surface area contributed by atoms with Gasteiger partial charge in [0.2, 0.25) is 5.91 Å². The van der Waals surface area contributed by atoms with Crippen LogP contribution in [0.5, 0.6) is 0 Å². The van der Waals surface area contributed by atoms with Crippen molar-refractivity contribution in [2.24, 2.45) is 0 Å². The lowest BCUT2D eigenvalue weighted by Gasteiger charge is -2.14. The van der Waals surface area contributed by atoms with Crippen LogP contribution in [0.1, 0.15) is 28.4 Å². The van der Waals surface area contributed by atoms with Gasteiger partial charge in [0.25, 0.3) is 15.9 Å². The normalized spacial score (nSPS) is 11.5. The van der Waals surface area contributed by atoms with Crippen LogP contribution in [-0.2, 0) is 27.5 Å². The molecule has 0 atom stereocenters. The van der Waals surface area contributed by atoms with Crippen LogP contribution < -0.4 is 15.4 Å². The molecule has 0 aliphatic rings. The number of alkyl halides is 3. The second-order valence-electron chi connectivity index (χ2n) is 7.24. The molecule has 0 saturated heterocycles. The fourth-order valence-corrected chi connectivity index (χ4v) is 4.18. The first-order valence-corrected chi connectivity index (χ1v) is 11.4. The third-order valence-electron chi connectivity index (χ3n) is 4.59. The minimum absolute atomic E-state index is 0.0175. The van der Waals surface area contributed by atoms with Crippen molar-refractivity contribution in [3.8, 4) is 0 Å². The van der Waals surface area contributed by atoms with Crippen molar-refractivity contribution in [3.05, 3.63) is 89.5 Å². The second kappa shape index (κ2) is 9.96. The molecule has 0 aromatic heterocycles. The number of hydrogen-bond donors (Lipinski definition) is 3. The van der Waals surface area contributed by atoms with E-state index < -0.39 is 32.6 Å². The van der Waals surface area contributed by atoms with E-state index in [0.29, 0.717) is 17.3 Å². The smallest absolute Gasteiger partial charge is 0.348 e. The van der Waals surface area contributed by atoms with Crippen LogP contribution >= 0.6 is 0 Å². The van der Waals surface area contributed by atoms with Crippen LogP contribution in [0.2, 0.25) is 0 Å². The molecule has 2 amide bonds. The average Bonchev–Trinajstić information content (AvgIpc) is 2.77. The zero-order valence-corrected chi connectivity index (χ0v) is 18.6. The Labute approximate surface area is 194 Å². The Morgan fingerprint density at radius 3 is 2.32 bits per heavy atom. The lowest BCUT2D eigenvalue weighted by Crippen LogP contribution is -2.25. The van der Waals surface area contributed by atoms with Gasteiger partial charge in [-0.05, 0) is 48.0 Å². The molecule has 7 nitrogen and oxygen atoms in total. The predicted octanol–water partition coefficient (Wildman–Crippen LogP) is 4.39. The third-order valence-corrected chi connectivity index (χ3v) is 5.95. The van der Waals surface area contributed by atoms with E-state index in [1.165, 1.54) is 31.2 Å². The highest BCUT2D eigenvalue weighted by atomic mass is 32.2. The summed E-state index contributed by atoms with van der Waals surface area (Å²) in [5.41, 5.74) is 0.0125. The van der Waals surface area contributed by atoms with E-state index in [1.807, 2.05) is 0 Å². The predicted molar refractivity (Wildman–Crippen MR) is 121 cm³/mol. The summed E-state index contributed by atoms with van der Waals surface area (Å²) in [6.45, 7) is 1.45. The van der Waals surface area contributed by atoms with Crippen LogP contribution in [0.3, 0.4) is 0 Å². The molecule has 0 bridgehead atoms. The maximum atomic E-state index is 13.0. The summed E-state index contributed by atoms with van der Waals surface area (Å²) in [7, 11) is -4.41. The number of nitrogens with one attached hydrogen (secondary N) is 3. The minimum Gasteiger partial charge on any atom is -0.348 e. The molecule has 0 fully saturated rings. The van der Waals surface area contributed by atoms with Crippen molar-refractivity contribution in [2.75, 3.05) is 10.0 Å². The molecule has 11 heteroatoms. The molecule has 34 heavy (non-hydrogen) atoms. The molecule has 178 valence electrons. The lowest BCUT2D eigenvalue weighted by molar-refractivity contribution is -0.137.